The molecule has 8 N–H and O–H groups in total. The lowest BCUT2D eigenvalue weighted by Crippen LogP contribution is -2.47. The van der Waals surface area contributed by atoms with Crippen molar-refractivity contribution in [2.75, 3.05) is 17.3 Å². The summed E-state index contributed by atoms with van der Waals surface area (Å²) in [6.07, 6.45) is 1.08. The zero-order valence-corrected chi connectivity index (χ0v) is 66.1. The molecule has 104 heavy (non-hydrogen) atoms. The Labute approximate surface area is 644 Å². The average Bonchev–Trinajstić information content (AvgIpc) is 0.875. The van der Waals surface area contributed by atoms with E-state index in [0.717, 1.165) is 16.7 Å². The number of terminal acetylenes is 1. The Morgan fingerprint density at radius 2 is 0.808 bits per heavy atom. The van der Waals surface area contributed by atoms with Crippen LogP contribution in [0.2, 0.25) is 0 Å². The number of ketones is 2. The first-order valence-electron chi connectivity index (χ1n) is 33.4. The molecule has 0 bridgehead atoms. The van der Waals surface area contributed by atoms with Crippen LogP contribution >= 0.6 is 47.7 Å². The number of nitrogens with two attached hydrogens (primary N) is 2. The maximum absolute atomic E-state index is 13.1. The van der Waals surface area contributed by atoms with Gasteiger partial charge in [-0.05, 0) is 76.0 Å². The highest BCUT2D eigenvalue weighted by molar-refractivity contribution is 8.01. The summed E-state index contributed by atoms with van der Waals surface area (Å²) in [5.74, 6) is -2.17. The van der Waals surface area contributed by atoms with Gasteiger partial charge < -0.3 is 55.9 Å². The minimum Gasteiger partial charge on any atom is -0.480 e. The molecule has 28 heteroatoms. The molecule has 6 atom stereocenters. The molecule has 3 rings (SSSR count). The van der Waals surface area contributed by atoms with E-state index in [2.05, 4.69) is 85.8 Å². The molecule has 0 aromatic heterocycles. The van der Waals surface area contributed by atoms with Crippen LogP contribution in [0.3, 0.4) is 0 Å². The number of carboxylic acid groups (broad SMARTS) is 1. The Hall–Kier alpha value is -6.28. The smallest absolute Gasteiger partial charge is 0.446 e. The fourth-order valence-electron chi connectivity index (χ4n) is 7.18. The molecule has 0 saturated carbocycles. The molecule has 0 fully saturated rings. The number of alkyl halides is 3. The predicted octanol–water partition coefficient (Wildman–Crippen LogP) is 15.3. The van der Waals surface area contributed by atoms with E-state index in [0.29, 0.717) is 17.3 Å². The van der Waals surface area contributed by atoms with E-state index in [-0.39, 0.29) is 123 Å². The number of carbonyl (C=O) groups is 9. The van der Waals surface area contributed by atoms with E-state index in [9.17, 15) is 51.5 Å². The third kappa shape index (κ3) is 64.1. The van der Waals surface area contributed by atoms with Gasteiger partial charge in [0.2, 0.25) is 6.29 Å². The maximum Gasteiger partial charge on any atom is 0.446 e. The highest BCUT2D eigenvalue weighted by Gasteiger charge is 2.34. The standard InChI is InChI=1S/C25H39NO5S.C20H31NO3S.C14H21NO2S.C10H19NO4.C2HF3O.C2H2.3CH4.BH3O.ClH/c1-17(2)21(26-23(29)31-24(3,4)5)20(27)14-19(16-32-25(6,7)8)22(28)30-15-18-12-10-9-11-13-18;1-14(2)18(21)17(22)11-16(13-25-20(3,4)5)19(23)24-12-15-9-7-6-8-10-15;1-14(2,3)18-10-12(15)13(16)17-9-11-7-5-4-6-8-11;1-6(2)7(8(12)13)11-9(14)15-10(3,4)5;3-2(4,5)1-6;1-2;;;;1-2;/h9-13,17,19,21H,14-16H2,1-8H3,(H,26,29);6-10,14,16,18H,11-13,21H2,1-5H3;4-8,12H,9-10,15H2,1-3H3;6-7H,1-5H3,(H,11,14)(H,12,13);1H;1-2H;3*1H4;2H,1H2;1H/t19-,21-;16-,18-;12-;7-;;;;;;;/m0000......./s1/i;;;;;;;;;1TD;. The number of hydrogen-bond acceptors (Lipinski definition) is 20. The van der Waals surface area contributed by atoms with Crippen molar-refractivity contribution in [2.45, 2.75) is 256 Å². The largest absolute Gasteiger partial charge is 0.480 e. The van der Waals surface area contributed by atoms with Crippen molar-refractivity contribution >= 4 is 110 Å². The monoisotopic (exact) mass is 1560 g/mol. The van der Waals surface area contributed by atoms with Crippen molar-refractivity contribution in [3.8, 4) is 12.8 Å². The number of hydrogen-bond donors (Lipinski definition) is 6. The second kappa shape index (κ2) is 57.9. The SMILES string of the molecule is C.C.C.C#C.CC(C)(C)SC[C@H](N)C(=O)OCc1ccccc1.CC(C)[C@H](N)C(=O)C[C@@H](CSC(C)(C)C)C(=O)OCc1ccccc1.CC(C)[C@H](NC(=O)OC(C)(C)C)C(=O)C[C@@H](CSC(C)(C)C)C(=O)OCc1ccccc1.CC(C)[C@H](NC(=O)OC(C)(C)C)C(=O)O.Cl.O=CC(F)(F)F.[2H]B([3H])O. The highest BCUT2D eigenvalue weighted by atomic mass is 35.5. The number of benzene rings is 3. The number of halogens is 4. The van der Waals surface area contributed by atoms with Crippen LogP contribution in [0.1, 0.15) is 197 Å². The van der Waals surface area contributed by atoms with Crippen LogP contribution in [-0.2, 0) is 77.1 Å². The van der Waals surface area contributed by atoms with Crippen LogP contribution < -0.4 is 22.1 Å². The van der Waals surface area contributed by atoms with E-state index in [1.807, 2.05) is 119 Å². The van der Waals surface area contributed by atoms with Crippen LogP contribution in [0.5, 0.6) is 0 Å². The average molecular weight is 1560 g/mol. The van der Waals surface area contributed by atoms with Crippen LogP contribution in [-0.4, -0.2) is 148 Å². The van der Waals surface area contributed by atoms with Gasteiger partial charge in [0, 0.05) is 47.0 Å². The molecule has 3 aromatic carbocycles. The minimum absolute atomic E-state index is 0. The second-order valence-electron chi connectivity index (χ2n) is 28.4. The number of carbonyl (C=O) groups excluding carboxylic acids is 8. The van der Waals surface area contributed by atoms with Gasteiger partial charge in [0.25, 0.3) is 7.98 Å². The highest BCUT2D eigenvalue weighted by Crippen LogP contribution is 2.30. The zero-order valence-electron chi connectivity index (χ0n) is 64.9. The molecule has 0 aliphatic rings. The van der Waals surface area contributed by atoms with Gasteiger partial charge in [-0.25, -0.2) is 14.4 Å². The topological polar surface area (TPSA) is 316 Å². The Kier molecular flexibility index (Phi) is 60.5. The second-order valence-corrected chi connectivity index (χ2v) is 33.9. The number of aliphatic carboxylic acids is 1. The van der Waals surface area contributed by atoms with Gasteiger partial charge in [0.1, 0.15) is 43.1 Å². The summed E-state index contributed by atoms with van der Waals surface area (Å²) in [5.41, 5.74) is 13.3. The first-order chi connectivity index (χ1) is 46.6. The molecule has 0 aliphatic heterocycles. The molecule has 598 valence electrons. The van der Waals surface area contributed by atoms with E-state index in [1.165, 1.54) is 0 Å². The van der Waals surface area contributed by atoms with Crippen molar-refractivity contribution in [2.24, 2.45) is 41.1 Å². The molecular weight excluding hydrogens is 1420 g/mol. The molecular formula is C76H129BClF3N4O16S3. The van der Waals surface area contributed by atoms with E-state index in [4.69, 9.17) is 52.7 Å². The number of thioether (sulfide) groups is 3. The van der Waals surface area contributed by atoms with E-state index < -0.39 is 91.8 Å². The third-order valence-corrected chi connectivity index (χ3v) is 16.4. The summed E-state index contributed by atoms with van der Waals surface area (Å²) >= 11 is 4.94. The quantitative estimate of drug-likeness (QED) is 0.0136. The Morgan fingerprint density at radius 1 is 0.538 bits per heavy atom. The minimum atomic E-state index is -4.64. The molecule has 2 amide bonds. The van der Waals surface area contributed by atoms with Gasteiger partial charge in [0.15, 0.2) is 11.6 Å². The van der Waals surface area contributed by atoms with Gasteiger partial charge in [-0.3, -0.25) is 28.8 Å². The van der Waals surface area contributed by atoms with Crippen molar-refractivity contribution in [1.29, 1.82) is 2.67 Å². The summed E-state index contributed by atoms with van der Waals surface area (Å²) in [4.78, 5) is 106. The molecule has 0 heterocycles. The van der Waals surface area contributed by atoms with Gasteiger partial charge >= 0.3 is 42.2 Å². The lowest BCUT2D eigenvalue weighted by atomic mass is 9.93. The van der Waals surface area contributed by atoms with Gasteiger partial charge in [-0.2, -0.15) is 48.5 Å². The molecule has 20 nitrogen and oxygen atoms in total. The molecule has 0 radical (unpaired) electrons. The Balaban J connectivity index is -0.000000194. The van der Waals surface area contributed by atoms with Crippen LogP contribution in [0, 0.1) is 42.4 Å². The summed E-state index contributed by atoms with van der Waals surface area (Å²) in [5, 5.41) is 21.2. The first-order valence-corrected chi connectivity index (χ1v) is 35.3. The van der Waals surface area contributed by atoms with Gasteiger partial charge in [-0.1, -0.05) is 217 Å². The number of esters is 3. The van der Waals surface area contributed by atoms with Crippen LogP contribution in [0.25, 0.3) is 0 Å². The Bertz CT molecular complexity index is 2920. The maximum atomic E-state index is 13.1. The fraction of sp³-hybridized carbons (Fsp3) is 0.618. The number of amides is 2. The van der Waals surface area contributed by atoms with E-state index >= 15 is 0 Å². The Morgan fingerprint density at radius 3 is 1.06 bits per heavy atom. The number of carboxylic acids is 1. The van der Waals surface area contributed by atoms with Crippen molar-refractivity contribution < 1.29 is 90.1 Å². The van der Waals surface area contributed by atoms with E-state index in [1.54, 1.807) is 90.7 Å². The number of alkyl carbamates (subject to hydrolysis) is 2. The summed E-state index contributed by atoms with van der Waals surface area (Å²) < 4.78 is 69.3. The van der Waals surface area contributed by atoms with Crippen LogP contribution in [0.15, 0.2) is 91.0 Å². The lowest BCUT2D eigenvalue weighted by Gasteiger charge is -2.27. The normalized spacial score (nSPS) is 12.8. The number of nitrogens with one attached hydrogen (secondary N) is 2. The predicted molar refractivity (Wildman–Crippen MR) is 426 cm³/mol. The molecule has 0 unspecified atom stereocenters. The summed E-state index contributed by atoms with van der Waals surface area (Å²) in [6.45, 7) is 40.8. The molecule has 0 aliphatic carbocycles. The fourth-order valence-corrected chi connectivity index (χ4v) is 9.91. The van der Waals surface area contributed by atoms with Gasteiger partial charge in [0.05, 0.1) is 23.9 Å². The number of aldehydes is 1. The lowest BCUT2D eigenvalue weighted by molar-refractivity contribution is -0.156. The number of rotatable bonds is 27. The molecule has 0 saturated heterocycles. The molecule has 0 spiro atoms. The van der Waals surface area contributed by atoms with Crippen LogP contribution in [0.4, 0.5) is 22.8 Å². The van der Waals surface area contributed by atoms with Crippen molar-refractivity contribution in [3.63, 3.8) is 0 Å². The van der Waals surface area contributed by atoms with Gasteiger partial charge in [-0.15, -0.1) is 25.3 Å². The number of Topliss-reactive ketones (excluding diaryl/α,β-unsaturated/α-hetero) is 2. The molecule has 3 aromatic rings. The number of ether oxygens (including phenoxy) is 5. The summed E-state index contributed by atoms with van der Waals surface area (Å²) in [7, 11) is -1.67. The van der Waals surface area contributed by atoms with Crippen molar-refractivity contribution in [1.82, 2.24) is 10.6 Å². The first kappa shape index (κ1) is 109. The zero-order chi connectivity index (χ0) is 80.2. The van der Waals surface area contributed by atoms with Crippen molar-refractivity contribution in [3.05, 3.63) is 108 Å². The summed E-state index contributed by atoms with van der Waals surface area (Å²) in [6, 6.07) is 25.8. The third-order valence-electron chi connectivity index (χ3n) is 12.2.